The lowest BCUT2D eigenvalue weighted by Crippen LogP contribution is -2.28. The third-order valence-corrected chi connectivity index (χ3v) is 5.16. The predicted molar refractivity (Wildman–Crippen MR) is 90.1 cm³/mol. The molecule has 0 N–H and O–H groups in total. The number of hydrogen-bond donors (Lipinski definition) is 0. The number of hydrogen-bond acceptors (Lipinski definition) is 6. The van der Waals surface area contributed by atoms with Crippen LogP contribution in [0.1, 0.15) is 34.5 Å². The average Bonchev–Trinajstić information content (AvgIpc) is 3.40. The minimum absolute atomic E-state index is 0.0270. The molecule has 0 saturated carbocycles. The van der Waals surface area contributed by atoms with Gasteiger partial charge in [0.25, 0.3) is 5.91 Å². The highest BCUT2D eigenvalue weighted by atomic mass is 32.1. The van der Waals surface area contributed by atoms with Crippen molar-refractivity contribution in [2.45, 2.75) is 18.5 Å². The molecule has 1 aliphatic rings. The molecular weight excluding hydrogens is 381 g/mol. The van der Waals surface area contributed by atoms with Gasteiger partial charge in [-0.2, -0.15) is 18.2 Å². The third-order valence-electron chi connectivity index (χ3n) is 4.27. The van der Waals surface area contributed by atoms with Crippen LogP contribution in [0.3, 0.4) is 0 Å². The molecule has 3 heterocycles. The lowest BCUT2D eigenvalue weighted by Gasteiger charge is -2.14. The number of likely N-dealkylation sites (tertiary alicyclic amines) is 1. The van der Waals surface area contributed by atoms with Gasteiger partial charge in [0, 0.05) is 30.0 Å². The molecule has 1 fully saturated rings. The number of amides is 1. The van der Waals surface area contributed by atoms with Crippen molar-refractivity contribution >= 4 is 17.2 Å². The van der Waals surface area contributed by atoms with Gasteiger partial charge in [-0.3, -0.25) is 4.79 Å². The Morgan fingerprint density at radius 3 is 2.70 bits per heavy atom. The second-order valence-electron chi connectivity index (χ2n) is 6.10. The van der Waals surface area contributed by atoms with E-state index in [1.807, 2.05) is 30.3 Å². The summed E-state index contributed by atoms with van der Waals surface area (Å²) in [6, 6.07) is 9.50. The monoisotopic (exact) mass is 394 g/mol. The molecule has 1 atom stereocenters. The third kappa shape index (κ3) is 3.57. The van der Waals surface area contributed by atoms with Gasteiger partial charge in [-0.25, -0.2) is 4.98 Å². The van der Waals surface area contributed by atoms with Gasteiger partial charge >= 0.3 is 12.1 Å². The molecule has 140 valence electrons. The Hall–Kier alpha value is -2.75. The smallest absolute Gasteiger partial charge is 0.337 e. The summed E-state index contributed by atoms with van der Waals surface area (Å²) in [6.45, 7) is 0.630. The zero-order valence-corrected chi connectivity index (χ0v) is 14.6. The van der Waals surface area contributed by atoms with Gasteiger partial charge in [-0.1, -0.05) is 35.5 Å². The number of nitrogens with zero attached hydrogens (tertiary/aromatic N) is 4. The fourth-order valence-corrected chi connectivity index (χ4v) is 3.72. The minimum Gasteiger partial charge on any atom is -0.337 e. The van der Waals surface area contributed by atoms with Crippen molar-refractivity contribution in [1.82, 2.24) is 20.0 Å². The van der Waals surface area contributed by atoms with Crippen molar-refractivity contribution in [3.05, 3.63) is 53.1 Å². The Balaban J connectivity index is 1.45. The molecular formula is C17H13F3N4O2S. The van der Waals surface area contributed by atoms with Gasteiger partial charge in [0.1, 0.15) is 10.7 Å². The molecule has 27 heavy (non-hydrogen) atoms. The molecule has 1 aromatic carbocycles. The molecule has 3 aromatic rings. The molecule has 0 bridgehead atoms. The van der Waals surface area contributed by atoms with Crippen molar-refractivity contribution in [2.75, 3.05) is 13.1 Å². The molecule has 6 nitrogen and oxygen atoms in total. The van der Waals surface area contributed by atoms with Crippen LogP contribution < -0.4 is 0 Å². The number of thiazole rings is 1. The molecule has 1 amide bonds. The molecule has 0 aliphatic carbocycles. The van der Waals surface area contributed by atoms with Crippen molar-refractivity contribution in [3.63, 3.8) is 0 Å². The summed E-state index contributed by atoms with van der Waals surface area (Å²) < 4.78 is 42.0. The number of halogens is 3. The largest absolute Gasteiger partial charge is 0.471 e. The summed E-state index contributed by atoms with van der Waals surface area (Å²) >= 11 is 1.37. The Labute approximate surface area is 155 Å². The Kier molecular flexibility index (Phi) is 4.42. The quantitative estimate of drug-likeness (QED) is 0.675. The zero-order valence-electron chi connectivity index (χ0n) is 13.8. The van der Waals surface area contributed by atoms with Gasteiger partial charge in [0.15, 0.2) is 5.82 Å². The molecule has 1 aliphatic heterocycles. The van der Waals surface area contributed by atoms with E-state index in [0.29, 0.717) is 18.7 Å². The predicted octanol–water partition coefficient (Wildman–Crippen LogP) is 3.84. The topological polar surface area (TPSA) is 72.1 Å². The first kappa shape index (κ1) is 17.7. The van der Waals surface area contributed by atoms with Gasteiger partial charge in [0.2, 0.25) is 0 Å². The summed E-state index contributed by atoms with van der Waals surface area (Å²) in [7, 11) is 0. The molecule has 2 aromatic heterocycles. The van der Waals surface area contributed by atoms with Crippen LogP contribution in [0.2, 0.25) is 0 Å². The normalized spacial score (nSPS) is 17.4. The maximum atomic E-state index is 12.7. The van der Waals surface area contributed by atoms with Crippen LogP contribution in [0.25, 0.3) is 10.6 Å². The number of aromatic nitrogens is 3. The SMILES string of the molecule is O=C(c1csc(-c2ccccc2)n1)N1CC[C@H](c2noc(C(F)(F)F)n2)C1. The van der Waals surface area contributed by atoms with Crippen molar-refractivity contribution in [3.8, 4) is 10.6 Å². The Morgan fingerprint density at radius 2 is 2.00 bits per heavy atom. The summed E-state index contributed by atoms with van der Waals surface area (Å²) in [4.78, 5) is 22.0. The summed E-state index contributed by atoms with van der Waals surface area (Å²) in [5.74, 6) is -2.04. The number of carbonyl (C=O) groups is 1. The van der Waals surface area contributed by atoms with Crippen molar-refractivity contribution < 1.29 is 22.5 Å². The van der Waals surface area contributed by atoms with Crippen molar-refractivity contribution in [2.24, 2.45) is 0 Å². The molecule has 1 saturated heterocycles. The molecule has 0 unspecified atom stereocenters. The average molecular weight is 394 g/mol. The van der Waals surface area contributed by atoms with Gasteiger partial charge in [-0.05, 0) is 6.42 Å². The molecule has 10 heteroatoms. The Bertz CT molecular complexity index is 955. The van der Waals surface area contributed by atoms with E-state index >= 15 is 0 Å². The number of benzene rings is 1. The zero-order chi connectivity index (χ0) is 19.0. The van der Waals surface area contributed by atoms with Gasteiger partial charge < -0.3 is 9.42 Å². The van der Waals surface area contributed by atoms with Crippen molar-refractivity contribution in [1.29, 1.82) is 0 Å². The highest BCUT2D eigenvalue weighted by Crippen LogP contribution is 2.32. The van der Waals surface area contributed by atoms with Crippen LogP contribution in [0.4, 0.5) is 13.2 Å². The minimum atomic E-state index is -4.67. The standard InChI is InChI=1S/C17H13F3N4O2S/c18-17(19,20)16-22-13(23-26-16)11-6-7-24(8-11)15(25)12-9-27-14(21-12)10-4-2-1-3-5-10/h1-5,9,11H,6-8H2/t11-/m0/s1. The van der Waals surface area contributed by atoms with E-state index in [4.69, 9.17) is 0 Å². The van der Waals surface area contributed by atoms with E-state index < -0.39 is 12.1 Å². The van der Waals surface area contributed by atoms with Crippen LogP contribution >= 0.6 is 11.3 Å². The maximum absolute atomic E-state index is 12.7. The second kappa shape index (κ2) is 6.76. The van der Waals surface area contributed by atoms with Crippen LogP contribution in [0.15, 0.2) is 40.2 Å². The number of carbonyl (C=O) groups excluding carboxylic acids is 1. The first-order chi connectivity index (χ1) is 12.9. The number of alkyl halides is 3. The van der Waals surface area contributed by atoms with Crippen LogP contribution in [0, 0.1) is 0 Å². The maximum Gasteiger partial charge on any atom is 0.471 e. The Morgan fingerprint density at radius 1 is 1.22 bits per heavy atom. The van der Waals surface area contributed by atoms with E-state index in [1.54, 1.807) is 10.3 Å². The second-order valence-corrected chi connectivity index (χ2v) is 6.95. The van der Waals surface area contributed by atoms with E-state index in [9.17, 15) is 18.0 Å². The summed E-state index contributed by atoms with van der Waals surface area (Å²) in [5.41, 5.74) is 1.25. The van der Waals surface area contributed by atoms with Crippen LogP contribution in [-0.4, -0.2) is 39.0 Å². The highest BCUT2D eigenvalue weighted by Gasteiger charge is 2.40. The fraction of sp³-hybridized carbons (Fsp3) is 0.294. The summed E-state index contributed by atoms with van der Waals surface area (Å²) in [6.07, 6.45) is -4.20. The van der Waals surface area contributed by atoms with E-state index in [2.05, 4.69) is 19.6 Å². The summed E-state index contributed by atoms with van der Waals surface area (Å²) in [5, 5.41) is 5.84. The first-order valence-corrected chi connectivity index (χ1v) is 9.01. The van der Waals surface area contributed by atoms with Crippen LogP contribution in [-0.2, 0) is 6.18 Å². The molecule has 4 rings (SSSR count). The fourth-order valence-electron chi connectivity index (χ4n) is 2.92. The van der Waals surface area contributed by atoms with Gasteiger partial charge in [-0.15, -0.1) is 11.3 Å². The highest BCUT2D eigenvalue weighted by molar-refractivity contribution is 7.13. The van der Waals surface area contributed by atoms with E-state index in [-0.39, 0.29) is 24.2 Å². The van der Waals surface area contributed by atoms with Gasteiger partial charge in [0.05, 0.1) is 0 Å². The van der Waals surface area contributed by atoms with Crippen LogP contribution in [0.5, 0.6) is 0 Å². The molecule has 0 radical (unpaired) electrons. The lowest BCUT2D eigenvalue weighted by atomic mass is 10.1. The first-order valence-electron chi connectivity index (χ1n) is 8.13. The molecule has 0 spiro atoms. The van der Waals surface area contributed by atoms with E-state index in [1.165, 1.54) is 11.3 Å². The lowest BCUT2D eigenvalue weighted by molar-refractivity contribution is -0.159. The van der Waals surface area contributed by atoms with E-state index in [0.717, 1.165) is 10.6 Å². The number of rotatable bonds is 3.